The number of carbonyl (C=O) groups is 1. The monoisotopic (exact) mass is 411 g/mol. The quantitative estimate of drug-likeness (QED) is 0.607. The molecule has 2 atom stereocenters. The van der Waals surface area contributed by atoms with Gasteiger partial charge in [-0.1, -0.05) is 81.4 Å². The zero-order valence-corrected chi connectivity index (χ0v) is 18.3. The zero-order chi connectivity index (χ0) is 20.7. The molecule has 0 aliphatic carbocycles. The van der Waals surface area contributed by atoms with Crippen LogP contribution < -0.4 is 10.4 Å². The van der Waals surface area contributed by atoms with Crippen LogP contribution >= 0.6 is 0 Å². The predicted octanol–water partition coefficient (Wildman–Crippen LogP) is 3.08. The zero-order valence-electron chi connectivity index (χ0n) is 17.3. The minimum absolute atomic E-state index is 0.129. The SMILES string of the molecule is CC(C)(C)[Si](OCC1CC2(CO2)CN1C(=O)O)(c1ccccc1)c1ccccc1. The molecule has 6 heteroatoms. The second kappa shape index (κ2) is 7.27. The standard InChI is InChI=1S/C23H29NO4Si/c1-22(2,3)29(19-10-6-4-7-11-19,20-12-8-5-9-13-20)28-15-18-14-23(17-27-23)16-24(18)21(25)26/h4-13,18H,14-17H2,1-3H3,(H,25,26). The molecule has 2 heterocycles. The summed E-state index contributed by atoms with van der Waals surface area (Å²) >= 11 is 0. The Morgan fingerprint density at radius 2 is 1.66 bits per heavy atom. The van der Waals surface area contributed by atoms with Gasteiger partial charge >= 0.3 is 6.09 Å². The molecule has 2 fully saturated rings. The lowest BCUT2D eigenvalue weighted by Gasteiger charge is -2.43. The van der Waals surface area contributed by atoms with Crippen LogP contribution in [0.5, 0.6) is 0 Å². The van der Waals surface area contributed by atoms with E-state index >= 15 is 0 Å². The van der Waals surface area contributed by atoms with Gasteiger partial charge in [-0.2, -0.15) is 0 Å². The van der Waals surface area contributed by atoms with Crippen molar-refractivity contribution in [1.29, 1.82) is 0 Å². The maximum atomic E-state index is 11.8. The van der Waals surface area contributed by atoms with Crippen molar-refractivity contribution in [2.45, 2.75) is 43.9 Å². The Labute approximate surface area is 173 Å². The van der Waals surface area contributed by atoms with E-state index in [1.165, 1.54) is 15.3 Å². The molecule has 2 aromatic rings. The number of hydrogen-bond donors (Lipinski definition) is 1. The van der Waals surface area contributed by atoms with Gasteiger partial charge in [0.15, 0.2) is 0 Å². The molecule has 2 aliphatic rings. The third-order valence-electron chi connectivity index (χ3n) is 6.21. The molecule has 0 radical (unpaired) electrons. The van der Waals surface area contributed by atoms with Crippen molar-refractivity contribution in [2.75, 3.05) is 19.8 Å². The first-order valence-electron chi connectivity index (χ1n) is 10.2. The fourth-order valence-electron chi connectivity index (χ4n) is 4.71. The van der Waals surface area contributed by atoms with E-state index < -0.39 is 14.4 Å². The van der Waals surface area contributed by atoms with E-state index in [9.17, 15) is 9.90 Å². The number of benzene rings is 2. The van der Waals surface area contributed by atoms with Crippen LogP contribution in [0.15, 0.2) is 60.7 Å². The highest BCUT2D eigenvalue weighted by Crippen LogP contribution is 2.42. The number of ether oxygens (including phenoxy) is 1. The Morgan fingerprint density at radius 1 is 1.14 bits per heavy atom. The van der Waals surface area contributed by atoms with Crippen molar-refractivity contribution in [1.82, 2.24) is 4.90 Å². The molecule has 5 nitrogen and oxygen atoms in total. The van der Waals surface area contributed by atoms with Crippen LogP contribution in [0.4, 0.5) is 4.79 Å². The average Bonchev–Trinajstić information content (AvgIpc) is 3.34. The normalized spacial score (nSPS) is 24.1. The summed E-state index contributed by atoms with van der Waals surface area (Å²) < 4.78 is 12.5. The molecule has 1 amide bonds. The van der Waals surface area contributed by atoms with Gasteiger partial charge in [0, 0.05) is 6.42 Å². The number of likely N-dealkylation sites (tertiary alicyclic amines) is 1. The summed E-state index contributed by atoms with van der Waals surface area (Å²) in [5.41, 5.74) is -0.280. The molecule has 0 saturated carbocycles. The molecular formula is C23H29NO4Si. The maximum absolute atomic E-state index is 11.8. The molecule has 0 bridgehead atoms. The lowest BCUT2D eigenvalue weighted by atomic mass is 10.1. The van der Waals surface area contributed by atoms with Crippen LogP contribution in [0.2, 0.25) is 5.04 Å². The van der Waals surface area contributed by atoms with Crippen LogP contribution in [0.25, 0.3) is 0 Å². The van der Waals surface area contributed by atoms with E-state index in [1.807, 2.05) is 12.1 Å². The van der Waals surface area contributed by atoms with Crippen molar-refractivity contribution in [2.24, 2.45) is 0 Å². The van der Waals surface area contributed by atoms with Gasteiger partial charge in [-0.15, -0.1) is 0 Å². The minimum Gasteiger partial charge on any atom is -0.465 e. The molecule has 2 saturated heterocycles. The summed E-state index contributed by atoms with van der Waals surface area (Å²) in [7, 11) is -2.67. The van der Waals surface area contributed by atoms with E-state index in [1.54, 1.807) is 0 Å². The lowest BCUT2D eigenvalue weighted by Crippen LogP contribution is -2.67. The van der Waals surface area contributed by atoms with E-state index in [-0.39, 0.29) is 16.7 Å². The van der Waals surface area contributed by atoms with Crippen molar-refractivity contribution < 1.29 is 19.1 Å². The molecule has 2 unspecified atom stereocenters. The van der Waals surface area contributed by atoms with Crippen molar-refractivity contribution in [3.05, 3.63) is 60.7 Å². The minimum atomic E-state index is -2.67. The van der Waals surface area contributed by atoms with Gasteiger partial charge in [0.05, 0.1) is 25.8 Å². The number of nitrogens with zero attached hydrogens (tertiary/aromatic N) is 1. The van der Waals surface area contributed by atoms with Crippen molar-refractivity contribution in [3.8, 4) is 0 Å². The Bertz CT molecular complexity index is 822. The summed E-state index contributed by atoms with van der Waals surface area (Å²) in [6.45, 7) is 8.16. The van der Waals surface area contributed by atoms with Crippen molar-refractivity contribution >= 4 is 24.8 Å². The largest absolute Gasteiger partial charge is 0.465 e. The number of epoxide rings is 1. The van der Waals surface area contributed by atoms with E-state index in [4.69, 9.17) is 9.16 Å². The molecule has 1 spiro atoms. The fraction of sp³-hybridized carbons (Fsp3) is 0.435. The maximum Gasteiger partial charge on any atom is 0.407 e. The highest BCUT2D eigenvalue weighted by Gasteiger charge is 2.57. The average molecular weight is 412 g/mol. The van der Waals surface area contributed by atoms with Gasteiger partial charge in [-0.05, 0) is 15.4 Å². The molecule has 1 N–H and O–H groups in total. The number of carboxylic acid groups (broad SMARTS) is 1. The summed E-state index contributed by atoms with van der Waals surface area (Å²) in [5, 5.41) is 12.0. The summed E-state index contributed by atoms with van der Waals surface area (Å²) in [4.78, 5) is 13.3. The second-order valence-corrected chi connectivity index (χ2v) is 13.5. The third kappa shape index (κ3) is 3.61. The van der Waals surface area contributed by atoms with Gasteiger partial charge in [-0.25, -0.2) is 4.79 Å². The molecule has 2 aromatic carbocycles. The Hall–Kier alpha value is -2.15. The molecule has 0 aromatic heterocycles. The Balaban J connectivity index is 1.72. The van der Waals surface area contributed by atoms with Gasteiger partial charge in [0.2, 0.25) is 0 Å². The van der Waals surface area contributed by atoms with Gasteiger partial charge < -0.3 is 19.2 Å². The molecule has 2 aliphatic heterocycles. The smallest absolute Gasteiger partial charge is 0.407 e. The van der Waals surface area contributed by atoms with Crippen LogP contribution in [0, 0.1) is 0 Å². The highest BCUT2D eigenvalue weighted by molar-refractivity contribution is 6.99. The molecule has 154 valence electrons. The first-order chi connectivity index (χ1) is 13.8. The summed E-state index contributed by atoms with van der Waals surface area (Å²) in [6, 6.07) is 20.7. The number of hydrogen-bond acceptors (Lipinski definition) is 3. The van der Waals surface area contributed by atoms with Crippen LogP contribution in [-0.4, -0.2) is 55.8 Å². The Morgan fingerprint density at radius 3 is 2.07 bits per heavy atom. The molecule has 4 rings (SSSR count). The van der Waals surface area contributed by atoms with Crippen molar-refractivity contribution in [3.63, 3.8) is 0 Å². The van der Waals surface area contributed by atoms with E-state index in [0.29, 0.717) is 26.2 Å². The highest BCUT2D eigenvalue weighted by atomic mass is 28.4. The first kappa shape index (κ1) is 20.1. The van der Waals surface area contributed by atoms with Gasteiger partial charge in [-0.3, -0.25) is 0 Å². The number of amides is 1. The third-order valence-corrected chi connectivity index (χ3v) is 11.2. The van der Waals surface area contributed by atoms with Crippen LogP contribution in [-0.2, 0) is 9.16 Å². The Kier molecular flexibility index (Phi) is 5.05. The number of rotatable bonds is 5. The van der Waals surface area contributed by atoms with Gasteiger partial charge in [0.25, 0.3) is 8.32 Å². The van der Waals surface area contributed by atoms with Gasteiger partial charge in [0.1, 0.15) is 5.60 Å². The fourth-order valence-corrected chi connectivity index (χ4v) is 9.31. The summed E-state index contributed by atoms with van der Waals surface area (Å²) in [6.07, 6.45) is -0.189. The summed E-state index contributed by atoms with van der Waals surface area (Å²) in [5.74, 6) is 0. The van der Waals surface area contributed by atoms with E-state index in [2.05, 4.69) is 69.3 Å². The van der Waals surface area contributed by atoms with E-state index in [0.717, 1.165) is 0 Å². The molecule has 29 heavy (non-hydrogen) atoms. The predicted molar refractivity (Wildman–Crippen MR) is 115 cm³/mol. The topological polar surface area (TPSA) is 62.3 Å². The first-order valence-corrected chi connectivity index (χ1v) is 12.1. The van der Waals surface area contributed by atoms with Crippen LogP contribution in [0.3, 0.4) is 0 Å². The lowest BCUT2D eigenvalue weighted by molar-refractivity contribution is 0.120. The van der Waals surface area contributed by atoms with Crippen LogP contribution in [0.1, 0.15) is 27.2 Å². The second-order valence-electron chi connectivity index (χ2n) is 9.21. The molecular weight excluding hydrogens is 382 g/mol.